The van der Waals surface area contributed by atoms with Crippen LogP contribution in [0, 0.1) is 0 Å². The lowest BCUT2D eigenvalue weighted by molar-refractivity contribution is 0.0403. The molecule has 0 saturated carbocycles. The minimum Gasteiger partial charge on any atom is -0.450 e. The zero-order valence-electron chi connectivity index (χ0n) is 16.1. The number of hydrogen-bond acceptors (Lipinski definition) is 7. The second-order valence-corrected chi connectivity index (χ2v) is 7.47. The Morgan fingerprint density at radius 3 is 2.00 bits per heavy atom. The van der Waals surface area contributed by atoms with E-state index >= 15 is 0 Å². The van der Waals surface area contributed by atoms with Crippen molar-refractivity contribution in [1.29, 1.82) is 0 Å². The number of β-amino-alcohol motifs (C(OH)–C–C–N with tert-alkyl or cyclic N) is 2. The lowest BCUT2D eigenvalue weighted by Crippen LogP contribution is -2.48. The van der Waals surface area contributed by atoms with Crippen LogP contribution in [-0.4, -0.2) is 94.7 Å². The maximum atomic E-state index is 11.3. The third kappa shape index (κ3) is 7.70. The minimum atomic E-state index is -0.806. The number of carbonyl (C=O) groups is 2. The molecule has 2 N–H and O–H groups in total. The Morgan fingerprint density at radius 2 is 1.57 bits per heavy atom. The fourth-order valence-electron chi connectivity index (χ4n) is 2.78. The van der Waals surface area contributed by atoms with E-state index in [4.69, 9.17) is 15.0 Å². The van der Waals surface area contributed by atoms with Gasteiger partial charge in [0.1, 0.15) is 0 Å². The first-order valence-electron chi connectivity index (χ1n) is 9.21. The van der Waals surface area contributed by atoms with E-state index in [1.165, 1.54) is 9.80 Å². The van der Waals surface area contributed by atoms with Crippen LogP contribution in [0.2, 0.25) is 0 Å². The number of aliphatic hydroxyl groups is 2. The molecule has 2 amide bonds. The van der Waals surface area contributed by atoms with Crippen molar-refractivity contribution < 1.29 is 29.3 Å². The molecule has 0 bridgehead atoms. The first-order valence-corrected chi connectivity index (χ1v) is 10.1. The number of aliphatic hydroxyl groups excluding tert-OH is 2. The van der Waals surface area contributed by atoms with Gasteiger partial charge < -0.3 is 29.5 Å². The van der Waals surface area contributed by atoms with Gasteiger partial charge in [0.05, 0.1) is 44.6 Å². The molecular formula is C16H28BrN5O6. The Labute approximate surface area is 172 Å². The number of ether oxygens (including phenoxy) is 2. The number of alkyl halides is 1. The van der Waals surface area contributed by atoms with Gasteiger partial charge in [0.15, 0.2) is 0 Å². The fraction of sp³-hybridized carbons (Fsp3) is 0.875. The van der Waals surface area contributed by atoms with Crippen molar-refractivity contribution in [3.63, 3.8) is 0 Å². The molecular weight excluding hydrogens is 438 g/mol. The lowest BCUT2D eigenvalue weighted by Gasteiger charge is -2.32. The molecule has 2 rings (SSSR count). The largest absolute Gasteiger partial charge is 0.450 e. The van der Waals surface area contributed by atoms with Crippen LogP contribution in [0.1, 0.15) is 26.7 Å². The van der Waals surface area contributed by atoms with Crippen LogP contribution in [0.4, 0.5) is 9.59 Å². The summed E-state index contributed by atoms with van der Waals surface area (Å²) in [6.45, 7) is 5.78. The van der Waals surface area contributed by atoms with Gasteiger partial charge in [-0.3, -0.25) is 0 Å². The Hall–Kier alpha value is -1.75. The van der Waals surface area contributed by atoms with Gasteiger partial charge in [-0.25, -0.2) is 9.59 Å². The van der Waals surface area contributed by atoms with Gasteiger partial charge >= 0.3 is 12.2 Å². The number of rotatable bonds is 3. The normalized spacial score (nSPS) is 27.0. The highest BCUT2D eigenvalue weighted by Crippen LogP contribution is 2.18. The molecule has 160 valence electrons. The van der Waals surface area contributed by atoms with Gasteiger partial charge in [0.25, 0.3) is 0 Å². The molecule has 0 spiro atoms. The Balaban J connectivity index is 0.000000283. The van der Waals surface area contributed by atoms with E-state index in [1.807, 2.05) is 0 Å². The van der Waals surface area contributed by atoms with Gasteiger partial charge in [-0.05, 0) is 32.2 Å². The number of carbonyl (C=O) groups excluding carboxylic acids is 2. The van der Waals surface area contributed by atoms with E-state index in [-0.39, 0.29) is 17.5 Å². The summed E-state index contributed by atoms with van der Waals surface area (Å²) in [7, 11) is 0. The quantitative estimate of drug-likeness (QED) is 0.281. The van der Waals surface area contributed by atoms with Gasteiger partial charge in [-0.15, -0.1) is 0 Å². The Morgan fingerprint density at radius 1 is 1.07 bits per heavy atom. The van der Waals surface area contributed by atoms with E-state index < -0.39 is 24.3 Å². The smallest absolute Gasteiger partial charge is 0.409 e. The second kappa shape index (κ2) is 12.7. The molecule has 2 aliphatic rings. The SMILES string of the molecule is CCOC(=O)N1CCC(Br)C(O)C1.CCOC(=O)N1CCC(N=[N+]=[N-])C(O)C1. The standard InChI is InChI=1S/C8H14BrNO3.C8H14N4O3/c1-2-13-8(12)10-4-3-6(9)7(11)5-10;1-2-15-8(14)12-4-3-6(10-11-9)7(13)5-12/h6-7,11H,2-5H2,1H3;6-7,13H,2-5H2,1H3. The molecule has 2 aliphatic heterocycles. The number of hydrogen-bond donors (Lipinski definition) is 2. The molecule has 0 aromatic carbocycles. The second-order valence-electron chi connectivity index (χ2n) is 6.29. The maximum absolute atomic E-state index is 11.3. The van der Waals surface area contributed by atoms with Crippen molar-refractivity contribution in [3.8, 4) is 0 Å². The highest BCUT2D eigenvalue weighted by molar-refractivity contribution is 9.09. The summed E-state index contributed by atoms with van der Waals surface area (Å²) in [6, 6.07) is -0.444. The number of nitrogens with zero attached hydrogens (tertiary/aromatic N) is 5. The molecule has 0 aliphatic carbocycles. The molecule has 4 unspecified atom stereocenters. The van der Waals surface area contributed by atoms with Crippen LogP contribution < -0.4 is 0 Å². The summed E-state index contributed by atoms with van der Waals surface area (Å²) >= 11 is 3.34. The molecule has 12 heteroatoms. The molecule has 0 radical (unpaired) electrons. The summed E-state index contributed by atoms with van der Waals surface area (Å²) < 4.78 is 9.62. The predicted molar refractivity (Wildman–Crippen MR) is 104 cm³/mol. The summed E-state index contributed by atoms with van der Waals surface area (Å²) in [5, 5.41) is 22.5. The summed E-state index contributed by atoms with van der Waals surface area (Å²) in [4.78, 5) is 28.2. The number of halogens is 1. The monoisotopic (exact) mass is 465 g/mol. The number of azide groups is 1. The van der Waals surface area contributed by atoms with E-state index in [9.17, 15) is 19.8 Å². The van der Waals surface area contributed by atoms with E-state index in [0.29, 0.717) is 39.3 Å². The maximum Gasteiger partial charge on any atom is 0.409 e. The predicted octanol–water partition coefficient (Wildman–Crippen LogP) is 1.86. The van der Waals surface area contributed by atoms with Gasteiger partial charge in [0.2, 0.25) is 0 Å². The van der Waals surface area contributed by atoms with Crippen LogP contribution in [0.15, 0.2) is 5.11 Å². The van der Waals surface area contributed by atoms with Crippen LogP contribution in [0.5, 0.6) is 0 Å². The third-order valence-corrected chi connectivity index (χ3v) is 5.37. The van der Waals surface area contributed by atoms with E-state index in [2.05, 4.69) is 26.0 Å². The average Bonchev–Trinajstić information content (AvgIpc) is 2.66. The highest BCUT2D eigenvalue weighted by Gasteiger charge is 2.30. The molecule has 11 nitrogen and oxygen atoms in total. The molecule has 2 heterocycles. The van der Waals surface area contributed by atoms with E-state index in [0.717, 1.165) is 6.42 Å². The molecule has 28 heavy (non-hydrogen) atoms. The van der Waals surface area contributed by atoms with Crippen molar-refractivity contribution in [1.82, 2.24) is 9.80 Å². The molecule has 0 aromatic rings. The summed E-state index contributed by atoms with van der Waals surface area (Å²) in [5.74, 6) is 0. The van der Waals surface area contributed by atoms with Crippen LogP contribution in [0.3, 0.4) is 0 Å². The van der Waals surface area contributed by atoms with Crippen molar-refractivity contribution in [3.05, 3.63) is 10.4 Å². The lowest BCUT2D eigenvalue weighted by atomic mass is 10.0. The summed E-state index contributed by atoms with van der Waals surface area (Å²) in [5.41, 5.74) is 8.24. The Bertz CT molecular complexity index is 562. The first kappa shape index (κ1) is 24.3. The molecule has 0 aromatic heterocycles. The van der Waals surface area contributed by atoms with E-state index in [1.54, 1.807) is 13.8 Å². The zero-order chi connectivity index (χ0) is 21.1. The molecule has 2 fully saturated rings. The average molecular weight is 466 g/mol. The topological polar surface area (TPSA) is 148 Å². The van der Waals surface area contributed by atoms with Crippen molar-refractivity contribution in [2.45, 2.75) is 49.8 Å². The number of likely N-dealkylation sites (tertiary alicyclic amines) is 2. The number of piperidine rings is 2. The molecule has 4 atom stereocenters. The van der Waals surface area contributed by atoms with Crippen LogP contribution in [-0.2, 0) is 9.47 Å². The van der Waals surface area contributed by atoms with Crippen molar-refractivity contribution >= 4 is 28.1 Å². The first-order chi connectivity index (χ1) is 13.3. The zero-order valence-corrected chi connectivity index (χ0v) is 17.7. The minimum absolute atomic E-state index is 0.0955. The van der Waals surface area contributed by atoms with Gasteiger partial charge in [0, 0.05) is 22.8 Å². The van der Waals surface area contributed by atoms with Crippen molar-refractivity contribution in [2.24, 2.45) is 5.11 Å². The highest BCUT2D eigenvalue weighted by atomic mass is 79.9. The van der Waals surface area contributed by atoms with Crippen LogP contribution >= 0.6 is 15.9 Å². The third-order valence-electron chi connectivity index (χ3n) is 4.30. The number of amides is 2. The van der Waals surface area contributed by atoms with Crippen LogP contribution in [0.25, 0.3) is 10.4 Å². The van der Waals surface area contributed by atoms with Gasteiger partial charge in [-0.2, -0.15) is 0 Å². The van der Waals surface area contributed by atoms with Crippen molar-refractivity contribution in [2.75, 3.05) is 39.4 Å². The Kier molecular flexibility index (Phi) is 11.0. The summed E-state index contributed by atoms with van der Waals surface area (Å²) in [6.07, 6.45) is -0.835. The van der Waals surface area contributed by atoms with Gasteiger partial charge in [-0.1, -0.05) is 21.0 Å². The molecule has 2 saturated heterocycles. The fourth-order valence-corrected chi connectivity index (χ4v) is 3.16.